The molecule has 0 aliphatic rings. The zero-order valence-corrected chi connectivity index (χ0v) is 27.4. The van der Waals surface area contributed by atoms with E-state index in [0.717, 1.165) is 65.8 Å². The number of hydrogen-bond donors (Lipinski definition) is 0. The molecule has 0 aliphatic carbocycles. The topological polar surface area (TPSA) is 64.7 Å². The van der Waals surface area contributed by atoms with Crippen LogP contribution < -0.4 is 0 Å². The molecule has 0 radical (unpaired) electrons. The van der Waals surface area contributed by atoms with E-state index in [-0.39, 0.29) is 0 Å². The van der Waals surface area contributed by atoms with Crippen molar-refractivity contribution in [1.82, 2.24) is 19.9 Å². The molecule has 0 fully saturated rings. The van der Waals surface area contributed by atoms with Gasteiger partial charge in [-0.3, -0.25) is 0 Å². The van der Waals surface area contributed by atoms with Crippen molar-refractivity contribution < 1.29 is 4.42 Å². The molecule has 0 spiro atoms. The Bertz CT molecular complexity index is 2750. The Hall–Kier alpha value is -6.50. The van der Waals surface area contributed by atoms with Crippen molar-refractivity contribution in [3.63, 3.8) is 0 Å². The quantitative estimate of drug-likeness (QED) is 0.184. The summed E-state index contributed by atoms with van der Waals surface area (Å²) in [5.74, 6) is 1.92. The Balaban J connectivity index is 1.03. The lowest BCUT2D eigenvalue weighted by atomic mass is 9.98. The average Bonchev–Trinajstić information content (AvgIpc) is 3.78. The summed E-state index contributed by atoms with van der Waals surface area (Å²) < 4.78 is 7.65. The number of hydrogen-bond acceptors (Lipinski definition) is 6. The van der Waals surface area contributed by atoms with Crippen LogP contribution in [0.5, 0.6) is 0 Å². The van der Waals surface area contributed by atoms with E-state index in [4.69, 9.17) is 24.4 Å². The van der Waals surface area contributed by atoms with Crippen molar-refractivity contribution in [1.29, 1.82) is 0 Å². The minimum atomic E-state index is 0.631. The molecule has 7 aromatic carbocycles. The lowest BCUT2D eigenvalue weighted by molar-refractivity contribution is 0.669. The fourth-order valence-corrected chi connectivity index (χ4v) is 7.66. The van der Waals surface area contributed by atoms with Gasteiger partial charge in [-0.1, -0.05) is 127 Å². The highest BCUT2D eigenvalue weighted by molar-refractivity contribution is 7.21. The van der Waals surface area contributed by atoms with Crippen molar-refractivity contribution in [3.05, 3.63) is 158 Å². The summed E-state index contributed by atoms with van der Waals surface area (Å²) in [6.45, 7) is 0. The summed E-state index contributed by atoms with van der Waals surface area (Å²) in [5, 5.41) is 5.58. The second kappa shape index (κ2) is 11.6. The number of nitrogens with zero attached hydrogens (tertiary/aromatic N) is 4. The molecule has 0 saturated heterocycles. The Morgan fingerprint density at radius 2 is 1.00 bits per heavy atom. The molecule has 5 nitrogen and oxygen atoms in total. The smallest absolute Gasteiger partial charge is 0.164 e. The lowest BCUT2D eigenvalue weighted by Gasteiger charge is -2.09. The minimum Gasteiger partial charge on any atom is -0.456 e. The molecule has 234 valence electrons. The third-order valence-electron chi connectivity index (χ3n) is 9.15. The van der Waals surface area contributed by atoms with E-state index in [1.807, 2.05) is 66.7 Å². The molecule has 0 N–H and O–H groups in total. The van der Waals surface area contributed by atoms with E-state index >= 15 is 0 Å². The molecule has 0 bridgehead atoms. The zero-order valence-electron chi connectivity index (χ0n) is 26.6. The van der Waals surface area contributed by atoms with E-state index in [9.17, 15) is 0 Å². The highest BCUT2D eigenvalue weighted by Gasteiger charge is 2.17. The van der Waals surface area contributed by atoms with Crippen LogP contribution >= 0.6 is 11.3 Å². The molecule has 0 saturated carbocycles. The molecule has 3 heterocycles. The molecule has 0 atom stereocenters. The fourth-order valence-electron chi connectivity index (χ4n) is 6.67. The number of aromatic nitrogens is 4. The average molecular weight is 659 g/mol. The van der Waals surface area contributed by atoms with Gasteiger partial charge in [0.1, 0.15) is 16.2 Å². The molecule has 50 heavy (non-hydrogen) atoms. The summed E-state index contributed by atoms with van der Waals surface area (Å²) in [4.78, 5) is 19.6. The molecular formula is C44H26N4OS. The number of rotatable bonds is 5. The van der Waals surface area contributed by atoms with Gasteiger partial charge < -0.3 is 4.42 Å². The molecule has 0 unspecified atom stereocenters. The first-order valence-corrected chi connectivity index (χ1v) is 17.3. The fraction of sp³-hybridized carbons (Fsp3) is 0. The zero-order chi connectivity index (χ0) is 33.0. The summed E-state index contributed by atoms with van der Waals surface area (Å²) in [6.07, 6.45) is 0. The Kier molecular flexibility index (Phi) is 6.60. The van der Waals surface area contributed by atoms with Gasteiger partial charge in [0, 0.05) is 33.0 Å². The van der Waals surface area contributed by atoms with Gasteiger partial charge in [0.2, 0.25) is 0 Å². The first-order valence-electron chi connectivity index (χ1n) is 16.5. The van der Waals surface area contributed by atoms with Gasteiger partial charge in [-0.15, -0.1) is 11.3 Å². The maximum atomic E-state index is 6.47. The van der Waals surface area contributed by atoms with E-state index in [1.165, 1.54) is 15.5 Å². The van der Waals surface area contributed by atoms with Gasteiger partial charge in [0.15, 0.2) is 17.5 Å². The van der Waals surface area contributed by atoms with Crippen LogP contribution in [0.15, 0.2) is 162 Å². The number of thiazole rings is 1. The third-order valence-corrected chi connectivity index (χ3v) is 10.2. The highest BCUT2D eigenvalue weighted by atomic mass is 32.1. The SMILES string of the molecule is c1ccc(-c2nc(-c3ccccc3)nc(-c3ccc(-c4cccc5oc6cc(-c7nc8cc9ccccc9cc8s7)ccc6c45)cc3)n2)cc1. The Labute approximate surface area is 291 Å². The maximum absolute atomic E-state index is 6.47. The van der Waals surface area contributed by atoms with Crippen LogP contribution in [0.2, 0.25) is 0 Å². The second-order valence-electron chi connectivity index (χ2n) is 12.3. The van der Waals surface area contributed by atoms with E-state index in [0.29, 0.717) is 17.5 Å². The van der Waals surface area contributed by atoms with Crippen LogP contribution in [0.4, 0.5) is 0 Å². The summed E-state index contributed by atoms with van der Waals surface area (Å²) >= 11 is 1.71. The van der Waals surface area contributed by atoms with Crippen molar-refractivity contribution in [2.45, 2.75) is 0 Å². The van der Waals surface area contributed by atoms with Gasteiger partial charge in [0.05, 0.1) is 10.2 Å². The molecule has 3 aromatic heterocycles. The van der Waals surface area contributed by atoms with E-state index in [1.54, 1.807) is 11.3 Å². The van der Waals surface area contributed by atoms with Crippen LogP contribution in [0.25, 0.3) is 98.8 Å². The van der Waals surface area contributed by atoms with Gasteiger partial charge in [-0.05, 0) is 52.2 Å². The van der Waals surface area contributed by atoms with Crippen molar-refractivity contribution in [3.8, 4) is 55.9 Å². The van der Waals surface area contributed by atoms with Crippen LogP contribution in [0, 0.1) is 0 Å². The number of benzene rings is 7. The predicted molar refractivity (Wildman–Crippen MR) is 205 cm³/mol. The van der Waals surface area contributed by atoms with E-state index in [2.05, 4.69) is 91.0 Å². The predicted octanol–water partition coefficient (Wildman–Crippen LogP) is 11.9. The lowest BCUT2D eigenvalue weighted by Crippen LogP contribution is -2.00. The number of fused-ring (bicyclic) bond motifs is 5. The molecule has 0 aliphatic heterocycles. The maximum Gasteiger partial charge on any atom is 0.164 e. The van der Waals surface area contributed by atoms with Crippen LogP contribution in [-0.2, 0) is 0 Å². The molecule has 6 heteroatoms. The largest absolute Gasteiger partial charge is 0.456 e. The standard InChI is InChI=1S/C44H26N4OS/c1-3-10-28(11-4-1)41-46-42(29-12-5-2-6-13-29)48-43(47-41)30-20-18-27(19-21-30)34-16-9-17-37-40(34)35-23-22-33(25-38(35)49-37)44-45-36-24-31-14-7-8-15-32(31)26-39(36)50-44/h1-26H. The molecule has 10 aromatic rings. The van der Waals surface area contributed by atoms with Gasteiger partial charge >= 0.3 is 0 Å². The monoisotopic (exact) mass is 658 g/mol. The van der Waals surface area contributed by atoms with Crippen LogP contribution in [0.3, 0.4) is 0 Å². The molecule has 10 rings (SSSR count). The van der Waals surface area contributed by atoms with Crippen LogP contribution in [-0.4, -0.2) is 19.9 Å². The molecular weight excluding hydrogens is 633 g/mol. The normalized spacial score (nSPS) is 11.6. The molecule has 0 amide bonds. The van der Waals surface area contributed by atoms with Crippen molar-refractivity contribution >= 4 is 54.3 Å². The Morgan fingerprint density at radius 3 is 1.68 bits per heavy atom. The van der Waals surface area contributed by atoms with Crippen molar-refractivity contribution in [2.75, 3.05) is 0 Å². The second-order valence-corrected chi connectivity index (χ2v) is 13.3. The summed E-state index contributed by atoms with van der Waals surface area (Å²) in [5.41, 5.74) is 8.78. The van der Waals surface area contributed by atoms with Crippen LogP contribution in [0.1, 0.15) is 0 Å². The van der Waals surface area contributed by atoms with Gasteiger partial charge in [0.25, 0.3) is 0 Å². The highest BCUT2D eigenvalue weighted by Crippen LogP contribution is 2.40. The van der Waals surface area contributed by atoms with Gasteiger partial charge in [-0.25, -0.2) is 19.9 Å². The minimum absolute atomic E-state index is 0.631. The third kappa shape index (κ3) is 4.93. The number of furan rings is 1. The Morgan fingerprint density at radius 1 is 0.420 bits per heavy atom. The first-order chi connectivity index (χ1) is 24.7. The van der Waals surface area contributed by atoms with Gasteiger partial charge in [-0.2, -0.15) is 0 Å². The summed E-state index contributed by atoms with van der Waals surface area (Å²) in [7, 11) is 0. The van der Waals surface area contributed by atoms with Crippen molar-refractivity contribution in [2.24, 2.45) is 0 Å². The van der Waals surface area contributed by atoms with E-state index < -0.39 is 0 Å². The first kappa shape index (κ1) is 28.5. The summed E-state index contributed by atoms with van der Waals surface area (Å²) in [6, 6.07) is 54.1.